The van der Waals surface area contributed by atoms with Crippen LogP contribution in [0.1, 0.15) is 5.69 Å². The molecule has 7 heteroatoms. The van der Waals surface area contributed by atoms with Gasteiger partial charge in [0.05, 0.1) is 17.6 Å². The van der Waals surface area contributed by atoms with E-state index < -0.39 is 0 Å². The summed E-state index contributed by atoms with van der Waals surface area (Å²) in [6.07, 6.45) is 5.34. The second-order valence-corrected chi connectivity index (χ2v) is 6.83. The third-order valence-electron chi connectivity index (χ3n) is 4.89. The molecular weight excluding hydrogens is 352 g/mol. The lowest BCUT2D eigenvalue weighted by Crippen LogP contribution is -2.20. The van der Waals surface area contributed by atoms with E-state index >= 15 is 0 Å². The first kappa shape index (κ1) is 17.8. The van der Waals surface area contributed by atoms with Crippen molar-refractivity contribution in [1.29, 1.82) is 0 Å². The average Bonchev–Trinajstić information content (AvgIpc) is 3.25. The van der Waals surface area contributed by atoms with Crippen LogP contribution in [-0.4, -0.2) is 38.0 Å². The SMILES string of the molecule is Cc1c(-c2nccn2-c2ccc(N(C)C)nc2)c(=O)n(-c2ccccc2)n1C. The molecule has 28 heavy (non-hydrogen) atoms. The number of pyridine rings is 1. The molecule has 0 fully saturated rings. The van der Waals surface area contributed by atoms with E-state index in [1.807, 2.05) is 90.9 Å². The second kappa shape index (κ2) is 6.84. The zero-order chi connectivity index (χ0) is 19.8. The molecule has 4 rings (SSSR count). The van der Waals surface area contributed by atoms with Gasteiger partial charge in [-0.25, -0.2) is 14.6 Å². The highest BCUT2D eigenvalue weighted by Gasteiger charge is 2.21. The summed E-state index contributed by atoms with van der Waals surface area (Å²) in [5.74, 6) is 1.47. The highest BCUT2D eigenvalue weighted by atomic mass is 16.1. The van der Waals surface area contributed by atoms with Crippen molar-refractivity contribution in [3.05, 3.63) is 77.1 Å². The van der Waals surface area contributed by atoms with Gasteiger partial charge in [0.15, 0.2) is 5.82 Å². The van der Waals surface area contributed by atoms with Crippen LogP contribution in [0.5, 0.6) is 0 Å². The van der Waals surface area contributed by atoms with Gasteiger partial charge < -0.3 is 4.90 Å². The van der Waals surface area contributed by atoms with E-state index in [-0.39, 0.29) is 5.56 Å². The summed E-state index contributed by atoms with van der Waals surface area (Å²) >= 11 is 0. The first-order valence-electron chi connectivity index (χ1n) is 9.00. The fourth-order valence-electron chi connectivity index (χ4n) is 3.31. The maximum Gasteiger partial charge on any atom is 0.282 e. The molecule has 1 aromatic carbocycles. The molecule has 0 N–H and O–H groups in total. The molecule has 0 radical (unpaired) electrons. The Morgan fingerprint density at radius 3 is 2.36 bits per heavy atom. The van der Waals surface area contributed by atoms with Gasteiger partial charge in [0.25, 0.3) is 5.56 Å². The monoisotopic (exact) mass is 374 g/mol. The lowest BCUT2D eigenvalue weighted by molar-refractivity contribution is 0.630. The van der Waals surface area contributed by atoms with E-state index in [0.29, 0.717) is 11.4 Å². The van der Waals surface area contributed by atoms with Crippen molar-refractivity contribution in [1.82, 2.24) is 23.9 Å². The molecule has 0 unspecified atom stereocenters. The van der Waals surface area contributed by atoms with Crippen molar-refractivity contribution < 1.29 is 0 Å². The van der Waals surface area contributed by atoms with Crippen LogP contribution in [0.4, 0.5) is 5.82 Å². The summed E-state index contributed by atoms with van der Waals surface area (Å²) in [4.78, 5) is 24.2. The van der Waals surface area contributed by atoms with E-state index in [2.05, 4.69) is 9.97 Å². The maximum absolute atomic E-state index is 13.3. The molecule has 3 aromatic heterocycles. The van der Waals surface area contributed by atoms with Crippen molar-refractivity contribution in [2.45, 2.75) is 6.92 Å². The van der Waals surface area contributed by atoms with Gasteiger partial charge in [0.1, 0.15) is 11.4 Å². The second-order valence-electron chi connectivity index (χ2n) is 6.83. The Labute approximate surface area is 163 Å². The Kier molecular flexibility index (Phi) is 4.35. The molecule has 7 nitrogen and oxygen atoms in total. The van der Waals surface area contributed by atoms with E-state index in [1.165, 1.54) is 0 Å². The average molecular weight is 374 g/mol. The molecule has 0 aliphatic heterocycles. The molecule has 0 aliphatic carbocycles. The predicted octanol–water partition coefficient (Wildman–Crippen LogP) is 2.80. The lowest BCUT2D eigenvalue weighted by Gasteiger charge is -2.12. The van der Waals surface area contributed by atoms with Crippen molar-refractivity contribution in [2.75, 3.05) is 19.0 Å². The largest absolute Gasteiger partial charge is 0.363 e. The molecular formula is C21H22N6O. The fraction of sp³-hybridized carbons (Fsp3) is 0.190. The molecule has 0 atom stereocenters. The zero-order valence-electron chi connectivity index (χ0n) is 16.4. The number of rotatable bonds is 4. The molecule has 0 spiro atoms. The first-order chi connectivity index (χ1) is 13.5. The van der Waals surface area contributed by atoms with E-state index in [4.69, 9.17) is 0 Å². The van der Waals surface area contributed by atoms with E-state index in [1.54, 1.807) is 17.1 Å². The normalized spacial score (nSPS) is 11.0. The van der Waals surface area contributed by atoms with E-state index in [0.717, 1.165) is 22.9 Å². The topological polar surface area (TPSA) is 60.9 Å². The first-order valence-corrected chi connectivity index (χ1v) is 9.00. The lowest BCUT2D eigenvalue weighted by atomic mass is 10.2. The van der Waals surface area contributed by atoms with Crippen LogP contribution in [0.15, 0.2) is 65.8 Å². The number of aromatic nitrogens is 5. The molecule has 142 valence electrons. The molecule has 0 bridgehead atoms. The summed E-state index contributed by atoms with van der Waals surface area (Å²) in [5.41, 5.74) is 3.00. The summed E-state index contributed by atoms with van der Waals surface area (Å²) < 4.78 is 5.42. The van der Waals surface area contributed by atoms with E-state index in [9.17, 15) is 4.79 Å². The summed E-state index contributed by atoms with van der Waals surface area (Å²) in [5, 5.41) is 0. The van der Waals surface area contributed by atoms with Gasteiger partial charge in [-0.05, 0) is 31.2 Å². The third-order valence-corrected chi connectivity index (χ3v) is 4.89. The van der Waals surface area contributed by atoms with Gasteiger partial charge in [0.2, 0.25) is 0 Å². The van der Waals surface area contributed by atoms with Crippen LogP contribution in [-0.2, 0) is 7.05 Å². The summed E-state index contributed by atoms with van der Waals surface area (Å²) in [6, 6.07) is 13.5. The number of hydrogen-bond donors (Lipinski definition) is 0. The smallest absolute Gasteiger partial charge is 0.282 e. The highest BCUT2D eigenvalue weighted by Crippen LogP contribution is 2.23. The highest BCUT2D eigenvalue weighted by molar-refractivity contribution is 5.62. The number of para-hydroxylation sites is 1. The number of hydrogen-bond acceptors (Lipinski definition) is 4. The Balaban J connectivity index is 1.86. The Bertz CT molecular complexity index is 1170. The van der Waals surface area contributed by atoms with Crippen molar-refractivity contribution in [3.63, 3.8) is 0 Å². The number of benzene rings is 1. The maximum atomic E-state index is 13.3. The number of imidazole rings is 1. The molecule has 0 aliphatic rings. The van der Waals surface area contributed by atoms with Gasteiger partial charge in [-0.2, -0.15) is 0 Å². The van der Waals surface area contributed by atoms with Gasteiger partial charge in [-0.15, -0.1) is 0 Å². The van der Waals surface area contributed by atoms with Crippen LogP contribution in [0, 0.1) is 6.92 Å². The minimum atomic E-state index is -0.100. The fourth-order valence-corrected chi connectivity index (χ4v) is 3.31. The summed E-state index contributed by atoms with van der Waals surface area (Å²) in [6.45, 7) is 1.93. The quantitative estimate of drug-likeness (QED) is 0.551. The Hall–Kier alpha value is -3.61. The number of anilines is 1. The Morgan fingerprint density at radius 2 is 1.71 bits per heavy atom. The van der Waals surface area contributed by atoms with Crippen LogP contribution in [0.3, 0.4) is 0 Å². The van der Waals surface area contributed by atoms with Gasteiger partial charge in [-0.3, -0.25) is 14.0 Å². The van der Waals surface area contributed by atoms with Crippen molar-refractivity contribution in [2.24, 2.45) is 7.05 Å². The molecule has 0 saturated carbocycles. The molecule has 0 saturated heterocycles. The minimum Gasteiger partial charge on any atom is -0.363 e. The third kappa shape index (κ3) is 2.81. The number of nitrogens with zero attached hydrogens (tertiary/aromatic N) is 6. The predicted molar refractivity (Wildman–Crippen MR) is 110 cm³/mol. The minimum absolute atomic E-state index is 0.100. The summed E-state index contributed by atoms with van der Waals surface area (Å²) in [7, 11) is 5.78. The van der Waals surface area contributed by atoms with Crippen LogP contribution >= 0.6 is 0 Å². The van der Waals surface area contributed by atoms with Gasteiger partial charge >= 0.3 is 0 Å². The Morgan fingerprint density at radius 1 is 0.964 bits per heavy atom. The van der Waals surface area contributed by atoms with Crippen LogP contribution < -0.4 is 10.5 Å². The zero-order valence-corrected chi connectivity index (χ0v) is 16.4. The molecule has 0 amide bonds. The van der Waals surface area contributed by atoms with Crippen molar-refractivity contribution >= 4 is 5.82 Å². The molecule has 3 heterocycles. The van der Waals surface area contributed by atoms with Gasteiger partial charge in [0, 0.05) is 39.2 Å². The van der Waals surface area contributed by atoms with Crippen molar-refractivity contribution in [3.8, 4) is 22.8 Å². The van der Waals surface area contributed by atoms with Crippen LogP contribution in [0.2, 0.25) is 0 Å². The van der Waals surface area contributed by atoms with Crippen LogP contribution in [0.25, 0.3) is 22.8 Å². The standard InChI is InChI=1S/C21H22N6O/c1-15-19(21(28)27(25(15)4)16-8-6-5-7-9-16)20-22-12-13-26(20)17-10-11-18(23-14-17)24(2)3/h5-14H,1-4H3. The van der Waals surface area contributed by atoms with Gasteiger partial charge in [-0.1, -0.05) is 18.2 Å². The molecule has 4 aromatic rings.